The van der Waals surface area contributed by atoms with Crippen LogP contribution in [0, 0.1) is 0 Å². The van der Waals surface area contributed by atoms with Crippen molar-refractivity contribution in [2.45, 2.75) is 31.0 Å². The summed E-state index contributed by atoms with van der Waals surface area (Å²) in [4.78, 5) is 0.556. The first-order valence-electron chi connectivity index (χ1n) is 5.82. The number of benzene rings is 1. The van der Waals surface area contributed by atoms with Crippen molar-refractivity contribution < 1.29 is 9.47 Å². The molecule has 88 valence electrons. The van der Waals surface area contributed by atoms with Gasteiger partial charge in [0.15, 0.2) is 11.5 Å². The summed E-state index contributed by atoms with van der Waals surface area (Å²) >= 11 is 3.70. The Morgan fingerprint density at radius 1 is 1.25 bits per heavy atom. The summed E-state index contributed by atoms with van der Waals surface area (Å²) in [7, 11) is 0. The van der Waals surface area contributed by atoms with Gasteiger partial charge in [0.2, 0.25) is 0 Å². The van der Waals surface area contributed by atoms with Gasteiger partial charge in [0.05, 0.1) is 0 Å². The topological polar surface area (TPSA) is 18.5 Å². The van der Waals surface area contributed by atoms with Crippen LogP contribution < -0.4 is 9.47 Å². The number of ether oxygens (including phenoxy) is 2. The van der Waals surface area contributed by atoms with E-state index in [4.69, 9.17) is 9.47 Å². The Morgan fingerprint density at radius 3 is 2.75 bits per heavy atom. The van der Waals surface area contributed by atoms with Crippen molar-refractivity contribution in [3.8, 4) is 11.5 Å². The third kappa shape index (κ3) is 2.91. The molecule has 1 aliphatic heterocycles. The summed E-state index contributed by atoms with van der Waals surface area (Å²) in [6.45, 7) is 3.52. The molecule has 1 aromatic carbocycles. The Bertz CT molecular complexity index is 352. The molecule has 16 heavy (non-hydrogen) atoms. The maximum absolute atomic E-state index is 5.57. The van der Waals surface area contributed by atoms with Gasteiger partial charge in [-0.2, -0.15) is 0 Å². The van der Waals surface area contributed by atoms with Crippen LogP contribution in [-0.4, -0.2) is 18.0 Å². The van der Waals surface area contributed by atoms with Crippen LogP contribution in [0.1, 0.15) is 25.3 Å². The van der Waals surface area contributed by atoms with E-state index in [1.54, 1.807) is 0 Å². The third-order valence-corrected chi connectivity index (χ3v) is 3.45. The Labute approximate surface area is 105 Å². The molecule has 1 aliphatic rings. The first-order valence-corrected chi connectivity index (χ1v) is 6.73. The summed E-state index contributed by atoms with van der Waals surface area (Å²) < 4.78 is 11.1. The van der Waals surface area contributed by atoms with Crippen LogP contribution in [0.15, 0.2) is 18.2 Å². The number of halogens is 1. The van der Waals surface area contributed by atoms with Crippen LogP contribution in [0.25, 0.3) is 0 Å². The molecule has 0 N–H and O–H groups in total. The lowest BCUT2D eigenvalue weighted by molar-refractivity contribution is 0.171. The van der Waals surface area contributed by atoms with E-state index in [1.165, 1.54) is 18.4 Å². The Hall–Kier alpha value is -0.700. The standard InChI is InChI=1S/C13H17BrO2/c1-2-3-11(14)8-10-4-5-12-13(9-10)16-7-6-15-12/h4-5,9,11H,2-3,6-8H2,1H3. The second kappa shape index (κ2) is 5.58. The molecule has 0 radical (unpaired) electrons. The molecular weight excluding hydrogens is 268 g/mol. The van der Waals surface area contributed by atoms with Gasteiger partial charge in [0.25, 0.3) is 0 Å². The SMILES string of the molecule is CCCC(Br)Cc1ccc2c(c1)OCCO2. The average Bonchev–Trinajstić information content (AvgIpc) is 2.29. The molecule has 1 aromatic rings. The molecular formula is C13H17BrO2. The number of rotatable bonds is 4. The van der Waals surface area contributed by atoms with Crippen LogP contribution in [0.4, 0.5) is 0 Å². The van der Waals surface area contributed by atoms with E-state index in [1.807, 2.05) is 6.07 Å². The van der Waals surface area contributed by atoms with Gasteiger partial charge in [-0.3, -0.25) is 0 Å². The van der Waals surface area contributed by atoms with E-state index < -0.39 is 0 Å². The minimum Gasteiger partial charge on any atom is -0.486 e. The highest BCUT2D eigenvalue weighted by Gasteiger charge is 2.12. The maximum Gasteiger partial charge on any atom is 0.161 e. The third-order valence-electron chi connectivity index (χ3n) is 2.67. The molecule has 1 heterocycles. The van der Waals surface area contributed by atoms with Crippen molar-refractivity contribution in [2.75, 3.05) is 13.2 Å². The predicted octanol–water partition coefficient (Wildman–Crippen LogP) is 3.56. The van der Waals surface area contributed by atoms with Gasteiger partial charge in [-0.25, -0.2) is 0 Å². The minimum absolute atomic E-state index is 0.556. The summed E-state index contributed by atoms with van der Waals surface area (Å²) in [5, 5.41) is 0. The van der Waals surface area contributed by atoms with Gasteiger partial charge in [-0.1, -0.05) is 35.3 Å². The van der Waals surface area contributed by atoms with E-state index in [2.05, 4.69) is 35.0 Å². The average molecular weight is 285 g/mol. The van der Waals surface area contributed by atoms with Gasteiger partial charge >= 0.3 is 0 Å². The van der Waals surface area contributed by atoms with Crippen molar-refractivity contribution in [3.05, 3.63) is 23.8 Å². The zero-order valence-corrected chi connectivity index (χ0v) is 11.1. The first-order chi connectivity index (χ1) is 7.79. The summed E-state index contributed by atoms with van der Waals surface area (Å²) in [5.41, 5.74) is 1.31. The number of alkyl halides is 1. The highest BCUT2D eigenvalue weighted by atomic mass is 79.9. The molecule has 0 amide bonds. The van der Waals surface area contributed by atoms with Gasteiger partial charge in [0, 0.05) is 4.83 Å². The van der Waals surface area contributed by atoms with Crippen molar-refractivity contribution in [1.82, 2.24) is 0 Å². The molecule has 0 aromatic heterocycles. The lowest BCUT2D eigenvalue weighted by atomic mass is 10.1. The second-order valence-corrected chi connectivity index (χ2v) is 5.36. The number of fused-ring (bicyclic) bond motifs is 1. The zero-order chi connectivity index (χ0) is 11.4. The first kappa shape index (κ1) is 11.8. The van der Waals surface area contributed by atoms with Gasteiger partial charge in [-0.15, -0.1) is 0 Å². The largest absolute Gasteiger partial charge is 0.486 e. The lowest BCUT2D eigenvalue weighted by Crippen LogP contribution is -2.15. The molecule has 0 fully saturated rings. The quantitative estimate of drug-likeness (QED) is 0.787. The Morgan fingerprint density at radius 2 is 2.00 bits per heavy atom. The molecule has 0 saturated heterocycles. The maximum atomic E-state index is 5.57. The monoisotopic (exact) mass is 284 g/mol. The van der Waals surface area contributed by atoms with E-state index in [9.17, 15) is 0 Å². The Kier molecular flexibility index (Phi) is 4.10. The summed E-state index contributed by atoms with van der Waals surface area (Å²) in [6, 6.07) is 6.23. The number of hydrogen-bond acceptors (Lipinski definition) is 2. The fraction of sp³-hybridized carbons (Fsp3) is 0.538. The van der Waals surface area contributed by atoms with E-state index in [0.717, 1.165) is 17.9 Å². The van der Waals surface area contributed by atoms with Crippen LogP contribution in [-0.2, 0) is 6.42 Å². The van der Waals surface area contributed by atoms with E-state index in [0.29, 0.717) is 18.0 Å². The molecule has 1 atom stereocenters. The van der Waals surface area contributed by atoms with Crippen LogP contribution >= 0.6 is 15.9 Å². The summed E-state index contributed by atoms with van der Waals surface area (Å²) in [6.07, 6.45) is 3.46. The number of hydrogen-bond donors (Lipinski definition) is 0. The second-order valence-electron chi connectivity index (χ2n) is 4.07. The van der Waals surface area contributed by atoms with E-state index >= 15 is 0 Å². The van der Waals surface area contributed by atoms with Crippen molar-refractivity contribution in [3.63, 3.8) is 0 Å². The van der Waals surface area contributed by atoms with Crippen molar-refractivity contribution in [2.24, 2.45) is 0 Å². The molecule has 0 bridgehead atoms. The van der Waals surface area contributed by atoms with Crippen molar-refractivity contribution in [1.29, 1.82) is 0 Å². The molecule has 3 heteroatoms. The smallest absolute Gasteiger partial charge is 0.161 e. The molecule has 2 rings (SSSR count). The van der Waals surface area contributed by atoms with E-state index in [-0.39, 0.29) is 0 Å². The summed E-state index contributed by atoms with van der Waals surface area (Å²) in [5.74, 6) is 1.76. The molecule has 0 spiro atoms. The molecule has 0 saturated carbocycles. The lowest BCUT2D eigenvalue weighted by Gasteiger charge is -2.19. The van der Waals surface area contributed by atoms with Crippen molar-refractivity contribution >= 4 is 15.9 Å². The molecule has 0 aliphatic carbocycles. The van der Waals surface area contributed by atoms with Gasteiger partial charge in [-0.05, 0) is 30.5 Å². The fourth-order valence-corrected chi connectivity index (χ4v) is 2.72. The normalized spacial score (nSPS) is 15.9. The highest BCUT2D eigenvalue weighted by molar-refractivity contribution is 9.09. The van der Waals surface area contributed by atoms with Crippen LogP contribution in [0.2, 0.25) is 0 Å². The zero-order valence-electron chi connectivity index (χ0n) is 9.54. The fourth-order valence-electron chi connectivity index (χ4n) is 1.89. The minimum atomic E-state index is 0.556. The highest BCUT2D eigenvalue weighted by Crippen LogP contribution is 2.31. The molecule has 1 unspecified atom stereocenters. The molecule has 2 nitrogen and oxygen atoms in total. The Balaban J connectivity index is 2.05. The van der Waals surface area contributed by atoms with Gasteiger partial charge in [0.1, 0.15) is 13.2 Å². The van der Waals surface area contributed by atoms with Crippen LogP contribution in [0.5, 0.6) is 11.5 Å². The predicted molar refractivity (Wildman–Crippen MR) is 68.8 cm³/mol. The van der Waals surface area contributed by atoms with Crippen LogP contribution in [0.3, 0.4) is 0 Å². The van der Waals surface area contributed by atoms with Gasteiger partial charge < -0.3 is 9.47 Å².